The lowest BCUT2D eigenvalue weighted by Gasteiger charge is -2.14. The van der Waals surface area contributed by atoms with Crippen LogP contribution in [0.1, 0.15) is 10.4 Å². The zero-order chi connectivity index (χ0) is 10.8. The quantitative estimate of drug-likeness (QED) is 0.854. The van der Waals surface area contributed by atoms with Gasteiger partial charge in [0.1, 0.15) is 4.60 Å². The van der Waals surface area contributed by atoms with E-state index in [1.54, 1.807) is 22.7 Å². The van der Waals surface area contributed by atoms with Crippen molar-refractivity contribution >= 4 is 43.7 Å². The molecular formula is C10H11BrN2S2. The maximum atomic E-state index is 4.39. The molecule has 5 heteroatoms. The Kier molecular flexibility index (Phi) is 3.43. The third kappa shape index (κ3) is 2.59. The van der Waals surface area contributed by atoms with Crippen molar-refractivity contribution in [1.82, 2.24) is 4.98 Å². The van der Waals surface area contributed by atoms with Crippen molar-refractivity contribution in [2.75, 3.05) is 11.9 Å². The van der Waals surface area contributed by atoms with Crippen LogP contribution in [0.4, 0.5) is 5.13 Å². The summed E-state index contributed by atoms with van der Waals surface area (Å²) in [4.78, 5) is 7.97. The van der Waals surface area contributed by atoms with Gasteiger partial charge in [0.05, 0.1) is 6.54 Å². The molecule has 2 rings (SSSR count). The SMILES string of the molecule is Cc1ccsc1CN(C)c1nc(Br)cs1. The van der Waals surface area contributed by atoms with Crippen molar-refractivity contribution < 1.29 is 0 Å². The van der Waals surface area contributed by atoms with Gasteiger partial charge in [0.25, 0.3) is 0 Å². The van der Waals surface area contributed by atoms with Crippen molar-refractivity contribution in [2.45, 2.75) is 13.5 Å². The number of hydrogen-bond donors (Lipinski definition) is 0. The molecule has 0 unspecified atom stereocenters. The fraction of sp³-hybridized carbons (Fsp3) is 0.300. The van der Waals surface area contributed by atoms with E-state index in [0.717, 1.165) is 16.3 Å². The molecule has 0 aliphatic heterocycles. The molecule has 2 heterocycles. The summed E-state index contributed by atoms with van der Waals surface area (Å²) < 4.78 is 0.914. The van der Waals surface area contributed by atoms with E-state index in [4.69, 9.17) is 0 Å². The molecule has 0 N–H and O–H groups in total. The Morgan fingerprint density at radius 1 is 1.47 bits per heavy atom. The van der Waals surface area contributed by atoms with Gasteiger partial charge in [-0.1, -0.05) is 0 Å². The first-order valence-corrected chi connectivity index (χ1v) is 7.07. The van der Waals surface area contributed by atoms with E-state index in [1.165, 1.54) is 10.4 Å². The van der Waals surface area contributed by atoms with Crippen molar-refractivity contribution in [3.8, 4) is 0 Å². The Morgan fingerprint density at radius 3 is 2.80 bits per heavy atom. The van der Waals surface area contributed by atoms with Crippen molar-refractivity contribution in [3.05, 3.63) is 31.9 Å². The highest BCUT2D eigenvalue weighted by Crippen LogP contribution is 2.25. The monoisotopic (exact) mass is 302 g/mol. The van der Waals surface area contributed by atoms with Crippen LogP contribution in [0.5, 0.6) is 0 Å². The number of hydrogen-bond acceptors (Lipinski definition) is 4. The lowest BCUT2D eigenvalue weighted by atomic mass is 10.3. The van der Waals surface area contributed by atoms with Crippen LogP contribution in [0.25, 0.3) is 0 Å². The lowest BCUT2D eigenvalue weighted by molar-refractivity contribution is 0.922. The van der Waals surface area contributed by atoms with Crippen LogP contribution in [0.15, 0.2) is 21.4 Å². The highest BCUT2D eigenvalue weighted by molar-refractivity contribution is 9.10. The molecule has 0 radical (unpaired) electrons. The van der Waals surface area contributed by atoms with E-state index in [1.807, 2.05) is 5.38 Å². The van der Waals surface area contributed by atoms with Crippen LogP contribution in [0.2, 0.25) is 0 Å². The lowest BCUT2D eigenvalue weighted by Crippen LogP contribution is -2.15. The van der Waals surface area contributed by atoms with Crippen LogP contribution in [0, 0.1) is 6.92 Å². The largest absolute Gasteiger partial charge is 0.346 e. The van der Waals surface area contributed by atoms with Gasteiger partial charge in [0.15, 0.2) is 5.13 Å². The molecule has 0 saturated heterocycles. The fourth-order valence-corrected chi connectivity index (χ4v) is 3.45. The van der Waals surface area contributed by atoms with E-state index in [2.05, 4.69) is 51.2 Å². The standard InChI is InChI=1S/C10H11BrN2S2/c1-7-3-4-14-8(7)5-13(2)10-12-9(11)6-15-10/h3-4,6H,5H2,1-2H3. The number of thiophene rings is 1. The average Bonchev–Trinajstić information content (AvgIpc) is 2.77. The number of nitrogens with zero attached hydrogens (tertiary/aromatic N) is 2. The summed E-state index contributed by atoms with van der Waals surface area (Å²) in [6.07, 6.45) is 0. The zero-order valence-corrected chi connectivity index (χ0v) is 11.7. The zero-order valence-electron chi connectivity index (χ0n) is 8.53. The minimum atomic E-state index is 0.914. The third-order valence-corrected chi connectivity index (χ3v) is 4.81. The van der Waals surface area contributed by atoms with E-state index in [9.17, 15) is 0 Å². The molecule has 0 spiro atoms. The van der Waals surface area contributed by atoms with Crippen molar-refractivity contribution in [2.24, 2.45) is 0 Å². The van der Waals surface area contributed by atoms with Gasteiger partial charge >= 0.3 is 0 Å². The number of aromatic nitrogens is 1. The molecule has 2 aromatic rings. The van der Waals surface area contributed by atoms with Gasteiger partial charge in [-0.25, -0.2) is 4.98 Å². The molecule has 15 heavy (non-hydrogen) atoms. The number of anilines is 1. The van der Waals surface area contributed by atoms with Crippen LogP contribution < -0.4 is 4.90 Å². The van der Waals surface area contributed by atoms with E-state index in [0.29, 0.717) is 0 Å². The summed E-state index contributed by atoms with van der Waals surface area (Å²) >= 11 is 6.83. The highest BCUT2D eigenvalue weighted by Gasteiger charge is 2.08. The highest BCUT2D eigenvalue weighted by atomic mass is 79.9. The Bertz CT molecular complexity index is 450. The van der Waals surface area contributed by atoms with E-state index >= 15 is 0 Å². The van der Waals surface area contributed by atoms with Gasteiger partial charge in [-0.05, 0) is 39.9 Å². The smallest absolute Gasteiger partial charge is 0.186 e. The van der Waals surface area contributed by atoms with Gasteiger partial charge in [-0.2, -0.15) is 0 Å². The predicted molar refractivity (Wildman–Crippen MR) is 71.0 cm³/mol. The Hall–Kier alpha value is -0.390. The molecule has 0 amide bonds. The molecule has 0 saturated carbocycles. The maximum Gasteiger partial charge on any atom is 0.186 e. The molecule has 0 atom stereocenters. The minimum Gasteiger partial charge on any atom is -0.346 e. The van der Waals surface area contributed by atoms with Crippen molar-refractivity contribution in [3.63, 3.8) is 0 Å². The normalized spacial score (nSPS) is 10.6. The van der Waals surface area contributed by atoms with Gasteiger partial charge < -0.3 is 4.90 Å². The second-order valence-electron chi connectivity index (χ2n) is 3.34. The van der Waals surface area contributed by atoms with Crippen LogP contribution in [-0.4, -0.2) is 12.0 Å². The molecular weight excluding hydrogens is 292 g/mol. The average molecular weight is 303 g/mol. The number of rotatable bonds is 3. The molecule has 80 valence electrons. The topological polar surface area (TPSA) is 16.1 Å². The Balaban J connectivity index is 2.10. The van der Waals surface area contributed by atoms with Crippen LogP contribution in [0.3, 0.4) is 0 Å². The second-order valence-corrected chi connectivity index (χ2v) is 5.99. The summed E-state index contributed by atoms with van der Waals surface area (Å²) in [5, 5.41) is 5.19. The Morgan fingerprint density at radius 2 is 2.27 bits per heavy atom. The Labute approximate surface area is 106 Å². The van der Waals surface area contributed by atoms with Crippen LogP contribution in [-0.2, 0) is 6.54 Å². The van der Waals surface area contributed by atoms with E-state index in [-0.39, 0.29) is 0 Å². The summed E-state index contributed by atoms with van der Waals surface area (Å²) in [5.41, 5.74) is 1.36. The summed E-state index contributed by atoms with van der Waals surface area (Å²) in [7, 11) is 2.07. The molecule has 0 fully saturated rings. The number of halogens is 1. The molecule has 0 aliphatic rings. The van der Waals surface area contributed by atoms with Crippen LogP contribution >= 0.6 is 38.6 Å². The van der Waals surface area contributed by atoms with Gasteiger partial charge in [-0.15, -0.1) is 22.7 Å². The summed E-state index contributed by atoms with van der Waals surface area (Å²) in [5.74, 6) is 0. The van der Waals surface area contributed by atoms with E-state index < -0.39 is 0 Å². The van der Waals surface area contributed by atoms with Gasteiger partial charge in [-0.3, -0.25) is 0 Å². The fourth-order valence-electron chi connectivity index (χ4n) is 1.27. The van der Waals surface area contributed by atoms with Gasteiger partial charge in [0.2, 0.25) is 0 Å². The predicted octanol–water partition coefficient (Wildman–Crippen LogP) is 3.91. The van der Waals surface area contributed by atoms with Crippen molar-refractivity contribution in [1.29, 1.82) is 0 Å². The first-order chi connectivity index (χ1) is 7.16. The minimum absolute atomic E-state index is 0.914. The first-order valence-electron chi connectivity index (χ1n) is 4.52. The molecule has 0 aliphatic carbocycles. The summed E-state index contributed by atoms with van der Waals surface area (Å²) in [6, 6.07) is 2.16. The van der Waals surface area contributed by atoms with Gasteiger partial charge in [0, 0.05) is 17.3 Å². The molecule has 0 aromatic carbocycles. The molecule has 0 bridgehead atoms. The first kappa shape index (κ1) is 11.1. The summed E-state index contributed by atoms with van der Waals surface area (Å²) in [6.45, 7) is 3.08. The molecule has 2 aromatic heterocycles. The number of aryl methyl sites for hydroxylation is 1. The third-order valence-electron chi connectivity index (χ3n) is 2.14. The number of thiazole rings is 1. The second kappa shape index (κ2) is 4.63. The maximum absolute atomic E-state index is 4.39. The molecule has 2 nitrogen and oxygen atoms in total.